The molecule has 0 bridgehead atoms. The second-order valence-electron chi connectivity index (χ2n) is 9.94. The molecule has 2 aromatic carbocycles. The van der Waals surface area contributed by atoms with Crippen molar-refractivity contribution in [1.82, 2.24) is 9.55 Å². The Morgan fingerprint density at radius 1 is 1.10 bits per heavy atom. The van der Waals surface area contributed by atoms with Crippen molar-refractivity contribution in [3.63, 3.8) is 0 Å². The first-order valence-corrected chi connectivity index (χ1v) is 13.4. The second-order valence-corrected chi connectivity index (χ2v) is 9.94. The molecule has 1 atom stereocenters. The van der Waals surface area contributed by atoms with E-state index >= 15 is 0 Å². The van der Waals surface area contributed by atoms with E-state index in [1.54, 1.807) is 6.20 Å². The van der Waals surface area contributed by atoms with Gasteiger partial charge in [-0.1, -0.05) is 60.2 Å². The topological polar surface area (TPSA) is 94.5 Å². The average molecular weight is 527 g/mol. The number of carbonyl (C=O) groups is 2. The van der Waals surface area contributed by atoms with E-state index in [1.165, 1.54) is 18.2 Å². The van der Waals surface area contributed by atoms with Crippen LogP contribution < -0.4 is 10.6 Å². The normalized spacial score (nSPS) is 14.9. The summed E-state index contributed by atoms with van der Waals surface area (Å²) in [5.74, 6) is -0.943. The molecular formula is C31H34N4O4. The van der Waals surface area contributed by atoms with E-state index in [0.717, 1.165) is 24.1 Å². The molecule has 1 aliphatic rings. The molecule has 39 heavy (non-hydrogen) atoms. The van der Waals surface area contributed by atoms with E-state index in [4.69, 9.17) is 14.5 Å². The SMILES string of the molecule is COC(=O)c1c(NC(=O)[C@H]2CCOC2)c2cc(NCc3cccc(C)c3)cnc2n1CCCc1ccccc1. The average Bonchev–Trinajstić information content (AvgIpc) is 3.60. The summed E-state index contributed by atoms with van der Waals surface area (Å²) in [6, 6.07) is 20.5. The monoisotopic (exact) mass is 526 g/mol. The lowest BCUT2D eigenvalue weighted by molar-refractivity contribution is -0.119. The molecule has 2 aromatic heterocycles. The molecule has 0 radical (unpaired) electrons. The Hall–Kier alpha value is -4.17. The summed E-state index contributed by atoms with van der Waals surface area (Å²) in [5, 5.41) is 7.16. The van der Waals surface area contributed by atoms with Crippen LogP contribution in [0.15, 0.2) is 66.9 Å². The van der Waals surface area contributed by atoms with Crippen LogP contribution in [-0.4, -0.2) is 41.8 Å². The number of rotatable bonds is 10. The van der Waals surface area contributed by atoms with Crippen LogP contribution in [-0.2, 0) is 33.8 Å². The summed E-state index contributed by atoms with van der Waals surface area (Å²) in [5.41, 5.74) is 5.72. The van der Waals surface area contributed by atoms with Crippen molar-refractivity contribution in [2.24, 2.45) is 5.92 Å². The van der Waals surface area contributed by atoms with Crippen LogP contribution in [0.5, 0.6) is 0 Å². The molecule has 8 heteroatoms. The number of carbonyl (C=O) groups excluding carboxylic acids is 2. The number of ether oxygens (including phenoxy) is 2. The summed E-state index contributed by atoms with van der Waals surface area (Å²) >= 11 is 0. The number of pyridine rings is 1. The van der Waals surface area contributed by atoms with Crippen molar-refractivity contribution in [1.29, 1.82) is 0 Å². The highest BCUT2D eigenvalue weighted by molar-refractivity contribution is 6.11. The van der Waals surface area contributed by atoms with Crippen molar-refractivity contribution in [3.05, 3.63) is 89.2 Å². The van der Waals surface area contributed by atoms with Gasteiger partial charge in [-0.05, 0) is 43.4 Å². The van der Waals surface area contributed by atoms with Gasteiger partial charge in [0.2, 0.25) is 5.91 Å². The van der Waals surface area contributed by atoms with Crippen molar-refractivity contribution in [3.8, 4) is 0 Å². The zero-order valence-electron chi connectivity index (χ0n) is 22.4. The van der Waals surface area contributed by atoms with Gasteiger partial charge in [0.1, 0.15) is 5.65 Å². The van der Waals surface area contributed by atoms with Crippen molar-refractivity contribution in [2.45, 2.75) is 39.3 Å². The first-order valence-electron chi connectivity index (χ1n) is 13.4. The third kappa shape index (κ3) is 6.12. The van der Waals surface area contributed by atoms with Gasteiger partial charge < -0.3 is 24.7 Å². The first-order chi connectivity index (χ1) is 19.0. The smallest absolute Gasteiger partial charge is 0.356 e. The number of aryl methyl sites for hydroxylation is 3. The third-order valence-corrected chi connectivity index (χ3v) is 7.09. The largest absolute Gasteiger partial charge is 0.464 e. The Labute approximate surface area is 228 Å². The number of hydrogen-bond acceptors (Lipinski definition) is 6. The molecule has 1 fully saturated rings. The number of methoxy groups -OCH3 is 1. The fourth-order valence-electron chi connectivity index (χ4n) is 5.05. The van der Waals surface area contributed by atoms with Crippen molar-refractivity contribution in [2.75, 3.05) is 31.0 Å². The zero-order chi connectivity index (χ0) is 27.2. The highest BCUT2D eigenvalue weighted by Gasteiger charge is 2.29. The lowest BCUT2D eigenvalue weighted by atomic mass is 10.1. The molecule has 4 aromatic rings. The van der Waals surface area contributed by atoms with E-state index in [0.29, 0.717) is 55.1 Å². The molecule has 0 aliphatic carbocycles. The molecular weight excluding hydrogens is 492 g/mol. The van der Waals surface area contributed by atoms with Gasteiger partial charge in [0, 0.05) is 25.1 Å². The van der Waals surface area contributed by atoms with E-state index in [9.17, 15) is 9.59 Å². The molecule has 3 heterocycles. The molecule has 5 rings (SSSR count). The lowest BCUT2D eigenvalue weighted by Crippen LogP contribution is -2.24. The van der Waals surface area contributed by atoms with Crippen LogP contribution in [0, 0.1) is 12.8 Å². The number of benzene rings is 2. The molecule has 1 aliphatic heterocycles. The minimum absolute atomic E-state index is 0.167. The van der Waals surface area contributed by atoms with E-state index in [-0.39, 0.29) is 11.8 Å². The van der Waals surface area contributed by atoms with Crippen LogP contribution in [0.3, 0.4) is 0 Å². The number of hydrogen-bond donors (Lipinski definition) is 2. The van der Waals surface area contributed by atoms with Gasteiger partial charge in [-0.2, -0.15) is 0 Å². The molecule has 1 amide bonds. The summed E-state index contributed by atoms with van der Waals surface area (Å²) in [6.45, 7) is 4.16. The highest BCUT2D eigenvalue weighted by atomic mass is 16.5. The molecule has 8 nitrogen and oxygen atoms in total. The van der Waals surface area contributed by atoms with E-state index < -0.39 is 5.97 Å². The predicted molar refractivity (Wildman–Crippen MR) is 152 cm³/mol. The van der Waals surface area contributed by atoms with Crippen LogP contribution >= 0.6 is 0 Å². The van der Waals surface area contributed by atoms with Gasteiger partial charge in [-0.15, -0.1) is 0 Å². The summed E-state index contributed by atoms with van der Waals surface area (Å²) in [6.07, 6.45) is 4.05. The van der Waals surface area contributed by atoms with E-state index in [1.807, 2.05) is 34.9 Å². The number of nitrogens with zero attached hydrogens (tertiary/aromatic N) is 2. The Morgan fingerprint density at radius 2 is 1.92 bits per heavy atom. The molecule has 0 unspecified atom stereocenters. The second kappa shape index (κ2) is 12.1. The summed E-state index contributed by atoms with van der Waals surface area (Å²) < 4.78 is 12.5. The Morgan fingerprint density at radius 3 is 2.67 bits per heavy atom. The van der Waals surface area contributed by atoms with Crippen LogP contribution in [0.4, 0.5) is 11.4 Å². The lowest BCUT2D eigenvalue weighted by Gasteiger charge is -2.12. The molecule has 1 saturated heterocycles. The Balaban J connectivity index is 1.50. The van der Waals surface area contributed by atoms with Gasteiger partial charge in [-0.3, -0.25) is 4.79 Å². The Kier molecular flexibility index (Phi) is 8.22. The minimum atomic E-state index is -0.514. The maximum absolute atomic E-state index is 13.2. The van der Waals surface area contributed by atoms with Crippen molar-refractivity contribution < 1.29 is 19.1 Å². The number of nitrogens with one attached hydrogen (secondary N) is 2. The molecule has 2 N–H and O–H groups in total. The van der Waals surface area contributed by atoms with E-state index in [2.05, 4.69) is 47.9 Å². The Bertz CT molecular complexity index is 1460. The summed E-state index contributed by atoms with van der Waals surface area (Å²) in [7, 11) is 1.35. The fraction of sp³-hybridized carbons (Fsp3) is 0.323. The number of fused-ring (bicyclic) bond motifs is 1. The van der Waals surface area contributed by atoms with Gasteiger partial charge >= 0.3 is 5.97 Å². The van der Waals surface area contributed by atoms with Crippen LogP contribution in [0.25, 0.3) is 11.0 Å². The standard InChI is InChI=1S/C31H34N4O4/c1-21-8-6-11-23(16-21)18-32-25-17-26-27(34-30(36)24-13-15-39-20-24)28(31(37)38-2)35(29(26)33-19-25)14-7-12-22-9-4-3-5-10-22/h3-6,8-11,16-17,19,24,32H,7,12-15,18,20H2,1-2H3,(H,34,36)/t24-/m0/s1. The fourth-order valence-corrected chi connectivity index (χ4v) is 5.05. The quantitative estimate of drug-likeness (QED) is 0.271. The van der Waals surface area contributed by atoms with Crippen molar-refractivity contribution >= 4 is 34.3 Å². The van der Waals surface area contributed by atoms with Crippen LogP contribution in [0.2, 0.25) is 0 Å². The van der Waals surface area contributed by atoms with Crippen LogP contribution in [0.1, 0.15) is 40.0 Å². The summed E-state index contributed by atoms with van der Waals surface area (Å²) in [4.78, 5) is 31.1. The first kappa shape index (κ1) is 26.4. The predicted octanol–water partition coefficient (Wildman–Crippen LogP) is 5.35. The maximum Gasteiger partial charge on any atom is 0.356 e. The number of aromatic nitrogens is 2. The zero-order valence-corrected chi connectivity index (χ0v) is 22.4. The third-order valence-electron chi connectivity index (χ3n) is 7.09. The molecule has 0 spiro atoms. The van der Waals surface area contributed by atoms with Gasteiger partial charge in [0.15, 0.2) is 5.69 Å². The molecule has 0 saturated carbocycles. The van der Waals surface area contributed by atoms with Gasteiger partial charge in [0.05, 0.1) is 37.2 Å². The highest BCUT2D eigenvalue weighted by Crippen LogP contribution is 2.34. The maximum atomic E-state index is 13.2. The van der Waals surface area contributed by atoms with Gasteiger partial charge in [0.25, 0.3) is 0 Å². The minimum Gasteiger partial charge on any atom is -0.464 e. The van der Waals surface area contributed by atoms with Gasteiger partial charge in [-0.25, -0.2) is 9.78 Å². The molecule has 202 valence electrons. The number of amides is 1. The number of anilines is 2. The number of esters is 1.